The van der Waals surface area contributed by atoms with Crippen LogP contribution in [0.25, 0.3) is 10.2 Å². The van der Waals surface area contributed by atoms with Gasteiger partial charge in [0.05, 0.1) is 16.3 Å². The van der Waals surface area contributed by atoms with E-state index in [4.69, 9.17) is 4.74 Å². The van der Waals surface area contributed by atoms with Crippen molar-refractivity contribution in [3.63, 3.8) is 0 Å². The Bertz CT molecular complexity index is 545. The molecule has 1 aromatic carbocycles. The highest BCUT2D eigenvalue weighted by Gasteiger charge is 2.40. The van der Waals surface area contributed by atoms with Crippen molar-refractivity contribution in [3.05, 3.63) is 29.3 Å². The average Bonchev–Trinajstić information content (AvgIpc) is 3.03. The third kappa shape index (κ3) is 2.40. The van der Waals surface area contributed by atoms with Gasteiger partial charge in [-0.25, -0.2) is 4.98 Å². The number of aromatic nitrogens is 1. The second-order valence-corrected chi connectivity index (χ2v) is 6.64. The van der Waals surface area contributed by atoms with Crippen LogP contribution >= 0.6 is 11.3 Å². The zero-order valence-electron chi connectivity index (χ0n) is 10.8. The van der Waals surface area contributed by atoms with E-state index in [1.807, 2.05) is 6.07 Å². The molecule has 2 unspecified atom stereocenters. The molecule has 0 radical (unpaired) electrons. The number of fused-ring (bicyclic) bond motifs is 1. The molecule has 3 nitrogen and oxygen atoms in total. The van der Waals surface area contributed by atoms with Gasteiger partial charge in [-0.3, -0.25) is 0 Å². The zero-order chi connectivity index (χ0) is 12.7. The Morgan fingerprint density at radius 1 is 1.26 bits per heavy atom. The van der Waals surface area contributed by atoms with Crippen LogP contribution < -0.4 is 5.32 Å². The van der Waals surface area contributed by atoms with Crippen molar-refractivity contribution in [3.8, 4) is 0 Å². The monoisotopic (exact) mass is 274 g/mol. The Kier molecular flexibility index (Phi) is 3.02. The molecule has 2 fully saturated rings. The third-order valence-corrected chi connectivity index (χ3v) is 5.11. The number of nitrogens with zero attached hydrogens (tertiary/aromatic N) is 1. The van der Waals surface area contributed by atoms with Gasteiger partial charge in [0, 0.05) is 19.2 Å². The summed E-state index contributed by atoms with van der Waals surface area (Å²) in [4.78, 5) is 4.67. The molecule has 2 aliphatic rings. The van der Waals surface area contributed by atoms with Crippen molar-refractivity contribution in [2.24, 2.45) is 5.92 Å². The minimum atomic E-state index is 0.453. The van der Waals surface area contributed by atoms with Gasteiger partial charge < -0.3 is 10.1 Å². The van der Waals surface area contributed by atoms with Crippen LogP contribution in [0.2, 0.25) is 0 Å². The normalized spacial score (nSPS) is 27.2. The summed E-state index contributed by atoms with van der Waals surface area (Å²) < 4.78 is 7.14. The fourth-order valence-electron chi connectivity index (χ4n) is 2.93. The van der Waals surface area contributed by atoms with E-state index in [-0.39, 0.29) is 0 Å². The highest BCUT2D eigenvalue weighted by molar-refractivity contribution is 7.18. The zero-order valence-corrected chi connectivity index (χ0v) is 11.7. The lowest BCUT2D eigenvalue weighted by molar-refractivity contribution is 0.0809. The summed E-state index contributed by atoms with van der Waals surface area (Å²) in [5, 5.41) is 4.84. The molecule has 2 heterocycles. The Balaban J connectivity index is 1.43. The number of ether oxygens (including phenoxy) is 1. The van der Waals surface area contributed by atoms with Crippen LogP contribution in [0.5, 0.6) is 0 Å². The van der Waals surface area contributed by atoms with Crippen LogP contribution in [0.15, 0.2) is 24.3 Å². The van der Waals surface area contributed by atoms with Crippen molar-refractivity contribution in [1.29, 1.82) is 0 Å². The molecule has 4 heteroatoms. The molecule has 1 aromatic heterocycles. The molecule has 1 N–H and O–H groups in total. The first kappa shape index (κ1) is 11.8. The smallest absolute Gasteiger partial charge is 0.108 e. The number of para-hydroxylation sites is 1. The van der Waals surface area contributed by atoms with Crippen LogP contribution in [0.1, 0.15) is 24.3 Å². The lowest BCUT2D eigenvalue weighted by atomic mass is 10.1. The summed E-state index contributed by atoms with van der Waals surface area (Å²) in [6.45, 7) is 1.79. The summed E-state index contributed by atoms with van der Waals surface area (Å²) in [5.74, 6) is 0.815. The first-order valence-corrected chi connectivity index (χ1v) is 7.91. The maximum absolute atomic E-state index is 5.86. The predicted molar refractivity (Wildman–Crippen MR) is 77.3 cm³/mol. The molecule has 0 amide bonds. The largest absolute Gasteiger partial charge is 0.376 e. The van der Waals surface area contributed by atoms with Gasteiger partial charge in [-0.05, 0) is 37.3 Å². The Morgan fingerprint density at radius 3 is 3.00 bits per heavy atom. The second kappa shape index (κ2) is 4.85. The number of benzene rings is 1. The number of hydrogen-bond acceptors (Lipinski definition) is 4. The fraction of sp³-hybridized carbons (Fsp3) is 0.533. The van der Waals surface area contributed by atoms with Gasteiger partial charge in [-0.1, -0.05) is 12.1 Å². The van der Waals surface area contributed by atoms with Crippen LogP contribution in [0, 0.1) is 5.92 Å². The summed E-state index contributed by atoms with van der Waals surface area (Å²) >= 11 is 1.79. The van der Waals surface area contributed by atoms with E-state index in [0.29, 0.717) is 12.1 Å². The number of rotatable bonds is 4. The molecule has 1 aliphatic heterocycles. The van der Waals surface area contributed by atoms with E-state index in [0.717, 1.165) is 31.0 Å². The molecule has 100 valence electrons. The minimum absolute atomic E-state index is 0.453. The van der Waals surface area contributed by atoms with Crippen molar-refractivity contribution >= 4 is 21.6 Å². The highest BCUT2D eigenvalue weighted by atomic mass is 32.1. The predicted octanol–water partition coefficient (Wildman–Crippen LogP) is 2.95. The SMILES string of the molecule is c1ccc2sc(CNC3CCOC3C3CC3)nc2c1. The lowest BCUT2D eigenvalue weighted by Crippen LogP contribution is -2.37. The maximum atomic E-state index is 5.86. The quantitative estimate of drug-likeness (QED) is 0.930. The van der Waals surface area contributed by atoms with Crippen molar-refractivity contribution in [2.45, 2.75) is 38.0 Å². The van der Waals surface area contributed by atoms with Crippen LogP contribution in [-0.4, -0.2) is 23.7 Å². The Labute approximate surface area is 117 Å². The maximum Gasteiger partial charge on any atom is 0.108 e. The van der Waals surface area contributed by atoms with Crippen molar-refractivity contribution < 1.29 is 4.74 Å². The van der Waals surface area contributed by atoms with E-state index in [1.165, 1.54) is 22.5 Å². The van der Waals surface area contributed by atoms with Crippen LogP contribution in [0.3, 0.4) is 0 Å². The molecular weight excluding hydrogens is 256 g/mol. The molecule has 4 rings (SSSR count). The number of nitrogens with one attached hydrogen (secondary N) is 1. The molecule has 0 bridgehead atoms. The standard InChI is InChI=1S/C15H18N2OS/c1-2-4-13-11(3-1)17-14(19-13)9-16-12-7-8-18-15(12)10-5-6-10/h1-4,10,12,15-16H,5-9H2. The molecular formula is C15H18N2OS. The number of hydrogen-bond donors (Lipinski definition) is 1. The van der Waals surface area contributed by atoms with Crippen molar-refractivity contribution in [2.75, 3.05) is 6.61 Å². The summed E-state index contributed by atoms with van der Waals surface area (Å²) in [6.07, 6.45) is 4.30. The van der Waals surface area contributed by atoms with E-state index in [9.17, 15) is 0 Å². The van der Waals surface area contributed by atoms with E-state index in [1.54, 1.807) is 11.3 Å². The van der Waals surface area contributed by atoms with Gasteiger partial charge in [0.1, 0.15) is 5.01 Å². The topological polar surface area (TPSA) is 34.1 Å². The molecule has 2 atom stereocenters. The Hall–Kier alpha value is -0.970. The Morgan fingerprint density at radius 2 is 2.16 bits per heavy atom. The van der Waals surface area contributed by atoms with Gasteiger partial charge >= 0.3 is 0 Å². The molecule has 19 heavy (non-hydrogen) atoms. The van der Waals surface area contributed by atoms with Gasteiger partial charge in [0.2, 0.25) is 0 Å². The van der Waals surface area contributed by atoms with E-state index in [2.05, 4.69) is 28.5 Å². The summed E-state index contributed by atoms with van der Waals surface area (Å²) in [7, 11) is 0. The molecule has 1 saturated carbocycles. The summed E-state index contributed by atoms with van der Waals surface area (Å²) in [6, 6.07) is 8.88. The molecule has 0 spiro atoms. The van der Waals surface area contributed by atoms with Gasteiger partial charge in [-0.15, -0.1) is 11.3 Å². The van der Waals surface area contributed by atoms with Gasteiger partial charge in [-0.2, -0.15) is 0 Å². The minimum Gasteiger partial charge on any atom is -0.376 e. The second-order valence-electron chi connectivity index (χ2n) is 5.52. The van der Waals surface area contributed by atoms with Crippen LogP contribution in [-0.2, 0) is 11.3 Å². The first-order valence-electron chi connectivity index (χ1n) is 7.09. The van der Waals surface area contributed by atoms with Gasteiger partial charge in [0.25, 0.3) is 0 Å². The van der Waals surface area contributed by atoms with E-state index >= 15 is 0 Å². The van der Waals surface area contributed by atoms with E-state index < -0.39 is 0 Å². The average molecular weight is 274 g/mol. The number of thiazole rings is 1. The lowest BCUT2D eigenvalue weighted by Gasteiger charge is -2.18. The summed E-state index contributed by atoms with van der Waals surface area (Å²) in [5.41, 5.74) is 1.12. The van der Waals surface area contributed by atoms with Crippen LogP contribution in [0.4, 0.5) is 0 Å². The fourth-order valence-corrected chi connectivity index (χ4v) is 3.85. The van der Waals surface area contributed by atoms with Crippen molar-refractivity contribution in [1.82, 2.24) is 10.3 Å². The van der Waals surface area contributed by atoms with Gasteiger partial charge in [0.15, 0.2) is 0 Å². The highest BCUT2D eigenvalue weighted by Crippen LogP contribution is 2.38. The molecule has 2 aromatic rings. The first-order chi connectivity index (χ1) is 9.40. The molecule has 1 saturated heterocycles. The molecule has 1 aliphatic carbocycles. The third-order valence-electron chi connectivity index (χ3n) is 4.08.